The van der Waals surface area contributed by atoms with E-state index in [0.29, 0.717) is 5.56 Å². The van der Waals surface area contributed by atoms with Gasteiger partial charge in [-0.1, -0.05) is 25.1 Å². The van der Waals surface area contributed by atoms with Crippen molar-refractivity contribution >= 4 is 6.03 Å². The number of likely N-dealkylation sites (tertiary alicyclic amines) is 1. The highest BCUT2D eigenvalue weighted by molar-refractivity contribution is 5.74. The van der Waals surface area contributed by atoms with Gasteiger partial charge in [-0.05, 0) is 38.3 Å². The second-order valence-electron chi connectivity index (χ2n) is 6.33. The second kappa shape index (κ2) is 8.13. The van der Waals surface area contributed by atoms with E-state index in [9.17, 15) is 9.18 Å². The highest BCUT2D eigenvalue weighted by atomic mass is 19.1. The van der Waals surface area contributed by atoms with Crippen molar-refractivity contribution in [3.05, 3.63) is 35.6 Å². The summed E-state index contributed by atoms with van der Waals surface area (Å²) in [6, 6.07) is 6.30. The molecule has 1 aromatic carbocycles. The first-order valence-corrected chi connectivity index (χ1v) is 8.04. The molecular formula is C17H26FN3O. The molecule has 2 N–H and O–H groups in total. The third kappa shape index (κ3) is 5.30. The van der Waals surface area contributed by atoms with Crippen molar-refractivity contribution in [2.24, 2.45) is 5.92 Å². The van der Waals surface area contributed by atoms with Gasteiger partial charge in [0.15, 0.2) is 0 Å². The maximum Gasteiger partial charge on any atom is 0.315 e. The minimum absolute atomic E-state index is 0.0749. The van der Waals surface area contributed by atoms with Crippen molar-refractivity contribution in [1.29, 1.82) is 0 Å². The second-order valence-corrected chi connectivity index (χ2v) is 6.33. The molecule has 0 aliphatic carbocycles. The standard InChI is InChI=1S/C17H26FN3O/c1-13-6-5-9-21(11-13)12-14(2)20-17(22)19-10-15-7-3-4-8-16(15)18/h3-4,7-8,13-14H,5-6,9-12H2,1-2H3,(H2,19,20,22). The molecule has 22 heavy (non-hydrogen) atoms. The lowest BCUT2D eigenvalue weighted by atomic mass is 10.00. The highest BCUT2D eigenvalue weighted by Crippen LogP contribution is 2.15. The fourth-order valence-electron chi connectivity index (χ4n) is 2.98. The Balaban J connectivity index is 1.71. The summed E-state index contributed by atoms with van der Waals surface area (Å²) in [5.74, 6) is 0.439. The molecule has 4 nitrogen and oxygen atoms in total. The van der Waals surface area contributed by atoms with Gasteiger partial charge >= 0.3 is 6.03 Å². The van der Waals surface area contributed by atoms with Crippen LogP contribution in [0.4, 0.5) is 9.18 Å². The summed E-state index contributed by atoms with van der Waals surface area (Å²) < 4.78 is 13.5. The van der Waals surface area contributed by atoms with E-state index in [2.05, 4.69) is 22.5 Å². The Bertz CT molecular complexity index is 495. The van der Waals surface area contributed by atoms with Gasteiger partial charge in [-0.15, -0.1) is 0 Å². The van der Waals surface area contributed by atoms with E-state index in [4.69, 9.17) is 0 Å². The molecule has 2 unspecified atom stereocenters. The molecule has 1 aliphatic heterocycles. The Morgan fingerprint density at radius 2 is 2.23 bits per heavy atom. The van der Waals surface area contributed by atoms with E-state index in [-0.39, 0.29) is 24.4 Å². The molecule has 0 aromatic heterocycles. The Labute approximate surface area is 132 Å². The fourth-order valence-corrected chi connectivity index (χ4v) is 2.98. The number of amides is 2. The highest BCUT2D eigenvalue weighted by Gasteiger charge is 2.18. The quantitative estimate of drug-likeness (QED) is 0.878. The largest absolute Gasteiger partial charge is 0.334 e. The Morgan fingerprint density at radius 3 is 2.95 bits per heavy atom. The lowest BCUT2D eigenvalue weighted by molar-refractivity contribution is 0.169. The third-order valence-electron chi connectivity index (χ3n) is 4.05. The molecule has 1 aromatic rings. The number of halogens is 1. The average Bonchev–Trinajstić information content (AvgIpc) is 2.46. The lowest BCUT2D eigenvalue weighted by Crippen LogP contribution is -2.47. The smallest absolute Gasteiger partial charge is 0.315 e. The molecule has 5 heteroatoms. The van der Waals surface area contributed by atoms with Crippen LogP contribution in [0.5, 0.6) is 0 Å². The molecular weight excluding hydrogens is 281 g/mol. The molecule has 122 valence electrons. The molecule has 2 atom stereocenters. The molecule has 1 fully saturated rings. The SMILES string of the molecule is CC1CCCN(CC(C)NC(=O)NCc2ccccc2F)C1. The van der Waals surface area contributed by atoms with Crippen molar-refractivity contribution in [2.75, 3.05) is 19.6 Å². The number of nitrogens with one attached hydrogen (secondary N) is 2. The zero-order valence-electron chi connectivity index (χ0n) is 13.4. The van der Waals surface area contributed by atoms with Crippen LogP contribution in [0.15, 0.2) is 24.3 Å². The van der Waals surface area contributed by atoms with Crippen molar-refractivity contribution in [2.45, 2.75) is 39.3 Å². The van der Waals surface area contributed by atoms with Crippen LogP contribution >= 0.6 is 0 Å². The van der Waals surface area contributed by atoms with E-state index >= 15 is 0 Å². The van der Waals surface area contributed by atoms with Crippen LogP contribution in [0.25, 0.3) is 0 Å². The van der Waals surface area contributed by atoms with Gasteiger partial charge in [-0.25, -0.2) is 9.18 Å². The van der Waals surface area contributed by atoms with Gasteiger partial charge in [0.25, 0.3) is 0 Å². The van der Waals surface area contributed by atoms with Crippen LogP contribution < -0.4 is 10.6 Å². The average molecular weight is 307 g/mol. The number of urea groups is 1. The Hall–Kier alpha value is -1.62. The number of rotatable bonds is 5. The van der Waals surface area contributed by atoms with Gasteiger partial charge in [-0.3, -0.25) is 0 Å². The summed E-state index contributed by atoms with van der Waals surface area (Å²) in [5, 5.41) is 5.63. The fraction of sp³-hybridized carbons (Fsp3) is 0.588. The number of carbonyl (C=O) groups excluding carboxylic acids is 1. The molecule has 2 amide bonds. The number of carbonyl (C=O) groups is 1. The molecule has 0 radical (unpaired) electrons. The number of benzene rings is 1. The van der Waals surface area contributed by atoms with Crippen LogP contribution in [0.3, 0.4) is 0 Å². The maximum atomic E-state index is 13.5. The van der Waals surface area contributed by atoms with Gasteiger partial charge in [0, 0.05) is 31.2 Å². The van der Waals surface area contributed by atoms with Crippen LogP contribution in [-0.2, 0) is 6.54 Å². The maximum absolute atomic E-state index is 13.5. The number of hydrogen-bond donors (Lipinski definition) is 2. The number of piperidine rings is 1. The van der Waals surface area contributed by atoms with Crippen molar-refractivity contribution in [3.63, 3.8) is 0 Å². The molecule has 2 rings (SSSR count). The van der Waals surface area contributed by atoms with Crippen molar-refractivity contribution in [1.82, 2.24) is 15.5 Å². The van der Waals surface area contributed by atoms with Gasteiger partial charge in [0.05, 0.1) is 0 Å². The minimum atomic E-state index is -0.293. The predicted molar refractivity (Wildman–Crippen MR) is 86.1 cm³/mol. The Kier molecular flexibility index (Phi) is 6.19. The van der Waals surface area contributed by atoms with E-state index in [1.54, 1.807) is 18.2 Å². The summed E-state index contributed by atoms with van der Waals surface area (Å²) in [4.78, 5) is 14.3. The zero-order chi connectivity index (χ0) is 15.9. The molecule has 0 bridgehead atoms. The van der Waals surface area contributed by atoms with E-state index in [1.165, 1.54) is 18.9 Å². The van der Waals surface area contributed by atoms with Crippen LogP contribution in [0.1, 0.15) is 32.3 Å². The van der Waals surface area contributed by atoms with Gasteiger partial charge in [-0.2, -0.15) is 0 Å². The number of hydrogen-bond acceptors (Lipinski definition) is 2. The first-order chi connectivity index (χ1) is 10.5. The number of nitrogens with zero attached hydrogens (tertiary/aromatic N) is 1. The summed E-state index contributed by atoms with van der Waals surface area (Å²) in [7, 11) is 0. The van der Waals surface area contributed by atoms with Crippen molar-refractivity contribution < 1.29 is 9.18 Å². The van der Waals surface area contributed by atoms with Gasteiger partial charge in [0.2, 0.25) is 0 Å². The molecule has 1 heterocycles. The van der Waals surface area contributed by atoms with Crippen molar-refractivity contribution in [3.8, 4) is 0 Å². The van der Waals surface area contributed by atoms with Gasteiger partial charge < -0.3 is 15.5 Å². The molecule has 0 spiro atoms. The normalized spacial score (nSPS) is 20.4. The molecule has 0 saturated carbocycles. The van der Waals surface area contributed by atoms with E-state index in [1.807, 2.05) is 6.92 Å². The zero-order valence-corrected chi connectivity index (χ0v) is 13.4. The summed E-state index contributed by atoms with van der Waals surface area (Å²) in [5.41, 5.74) is 0.496. The summed E-state index contributed by atoms with van der Waals surface area (Å²) >= 11 is 0. The molecule has 1 aliphatic rings. The van der Waals surface area contributed by atoms with Crippen LogP contribution in [0, 0.1) is 11.7 Å². The first kappa shape index (κ1) is 16.7. The Morgan fingerprint density at radius 1 is 1.45 bits per heavy atom. The van der Waals surface area contributed by atoms with E-state index < -0.39 is 0 Å². The predicted octanol–water partition coefficient (Wildman–Crippen LogP) is 2.75. The first-order valence-electron chi connectivity index (χ1n) is 8.04. The van der Waals surface area contributed by atoms with Crippen LogP contribution in [0.2, 0.25) is 0 Å². The molecule has 1 saturated heterocycles. The lowest BCUT2D eigenvalue weighted by Gasteiger charge is -2.32. The summed E-state index contributed by atoms with van der Waals surface area (Å²) in [6.07, 6.45) is 2.52. The van der Waals surface area contributed by atoms with Crippen LogP contribution in [-0.4, -0.2) is 36.6 Å². The minimum Gasteiger partial charge on any atom is -0.334 e. The monoisotopic (exact) mass is 307 g/mol. The van der Waals surface area contributed by atoms with Gasteiger partial charge in [0.1, 0.15) is 5.82 Å². The topological polar surface area (TPSA) is 44.4 Å². The third-order valence-corrected chi connectivity index (χ3v) is 4.05. The van der Waals surface area contributed by atoms with E-state index in [0.717, 1.165) is 25.6 Å². The summed E-state index contributed by atoms with van der Waals surface area (Å²) in [6.45, 7) is 7.53.